The normalized spacial score (nSPS) is 12.5. The van der Waals surface area contributed by atoms with Crippen molar-refractivity contribution in [3.8, 4) is 0 Å². The zero-order valence-electron chi connectivity index (χ0n) is 8.25. The summed E-state index contributed by atoms with van der Waals surface area (Å²) in [6.07, 6.45) is 2.77. The van der Waals surface area contributed by atoms with Crippen molar-refractivity contribution in [3.05, 3.63) is 23.9 Å². The van der Waals surface area contributed by atoms with Gasteiger partial charge in [-0.3, -0.25) is 0 Å². The Hall–Kier alpha value is -1.09. The molecule has 3 nitrogen and oxygen atoms in total. The Morgan fingerprint density at radius 1 is 1.62 bits per heavy atom. The van der Waals surface area contributed by atoms with Crippen LogP contribution in [0.4, 0.5) is 5.82 Å². The summed E-state index contributed by atoms with van der Waals surface area (Å²) in [5.74, 6) is 0.936. The Morgan fingerprint density at radius 3 is 3.00 bits per heavy atom. The van der Waals surface area contributed by atoms with Crippen LogP contribution >= 0.6 is 0 Å². The molecule has 0 aliphatic rings. The molecule has 72 valence electrons. The number of nitrogens with zero attached hydrogens (tertiary/aromatic N) is 1. The van der Waals surface area contributed by atoms with Crippen molar-refractivity contribution in [3.63, 3.8) is 0 Å². The van der Waals surface area contributed by atoms with Crippen LogP contribution in [-0.4, -0.2) is 17.6 Å². The number of nitrogens with one attached hydrogen (secondary N) is 1. The van der Waals surface area contributed by atoms with E-state index in [1.54, 1.807) is 6.20 Å². The number of aromatic nitrogens is 1. The van der Waals surface area contributed by atoms with Gasteiger partial charge in [-0.1, -0.05) is 13.0 Å². The summed E-state index contributed by atoms with van der Waals surface area (Å²) in [4.78, 5) is 4.22. The van der Waals surface area contributed by atoms with Gasteiger partial charge in [-0.15, -0.1) is 0 Å². The summed E-state index contributed by atoms with van der Waals surface area (Å²) >= 11 is 0. The second kappa shape index (κ2) is 4.82. The third-order valence-electron chi connectivity index (χ3n) is 2.07. The van der Waals surface area contributed by atoms with E-state index >= 15 is 0 Å². The fraction of sp³-hybridized carbons (Fsp3) is 0.500. The van der Waals surface area contributed by atoms with Crippen molar-refractivity contribution in [2.24, 2.45) is 5.73 Å². The van der Waals surface area contributed by atoms with E-state index in [4.69, 9.17) is 5.73 Å². The van der Waals surface area contributed by atoms with Crippen molar-refractivity contribution >= 4 is 5.82 Å². The monoisotopic (exact) mass is 179 g/mol. The molecule has 0 saturated heterocycles. The predicted molar refractivity (Wildman–Crippen MR) is 55.7 cm³/mol. The lowest BCUT2D eigenvalue weighted by Crippen LogP contribution is -2.28. The van der Waals surface area contributed by atoms with E-state index in [-0.39, 0.29) is 6.04 Å². The number of anilines is 1. The minimum Gasteiger partial charge on any atom is -0.368 e. The highest BCUT2D eigenvalue weighted by atomic mass is 15.0. The van der Waals surface area contributed by atoms with Gasteiger partial charge in [0.05, 0.1) is 0 Å². The number of pyridine rings is 1. The van der Waals surface area contributed by atoms with Gasteiger partial charge in [0.25, 0.3) is 0 Å². The lowest BCUT2D eigenvalue weighted by Gasteiger charge is -2.11. The van der Waals surface area contributed by atoms with Crippen LogP contribution in [0, 0.1) is 6.92 Å². The van der Waals surface area contributed by atoms with Gasteiger partial charge in [-0.25, -0.2) is 4.98 Å². The molecule has 1 heterocycles. The van der Waals surface area contributed by atoms with Crippen molar-refractivity contribution in [2.75, 3.05) is 11.9 Å². The SMILES string of the molecule is CCC(N)CNc1ncccc1C. The highest BCUT2D eigenvalue weighted by molar-refractivity contribution is 5.42. The van der Waals surface area contributed by atoms with E-state index < -0.39 is 0 Å². The van der Waals surface area contributed by atoms with E-state index in [0.717, 1.165) is 24.3 Å². The molecule has 0 fully saturated rings. The zero-order chi connectivity index (χ0) is 9.68. The maximum Gasteiger partial charge on any atom is 0.128 e. The number of rotatable bonds is 4. The maximum atomic E-state index is 5.78. The minimum absolute atomic E-state index is 0.210. The molecule has 0 saturated carbocycles. The molecule has 0 bridgehead atoms. The average molecular weight is 179 g/mol. The number of hydrogen-bond donors (Lipinski definition) is 2. The largest absolute Gasteiger partial charge is 0.368 e. The van der Waals surface area contributed by atoms with Crippen LogP contribution in [0.15, 0.2) is 18.3 Å². The Kier molecular flexibility index (Phi) is 3.71. The van der Waals surface area contributed by atoms with Crippen LogP contribution in [0.1, 0.15) is 18.9 Å². The highest BCUT2D eigenvalue weighted by Gasteiger charge is 2.00. The van der Waals surface area contributed by atoms with Crippen molar-refractivity contribution < 1.29 is 0 Å². The maximum absolute atomic E-state index is 5.78. The van der Waals surface area contributed by atoms with E-state index in [2.05, 4.69) is 17.2 Å². The lowest BCUT2D eigenvalue weighted by atomic mass is 10.2. The van der Waals surface area contributed by atoms with Crippen LogP contribution in [0.5, 0.6) is 0 Å². The van der Waals surface area contributed by atoms with Gasteiger partial charge in [0.1, 0.15) is 5.82 Å². The van der Waals surface area contributed by atoms with Gasteiger partial charge < -0.3 is 11.1 Å². The second-order valence-electron chi connectivity index (χ2n) is 3.22. The minimum atomic E-state index is 0.210. The van der Waals surface area contributed by atoms with Gasteiger partial charge in [-0.2, -0.15) is 0 Å². The second-order valence-corrected chi connectivity index (χ2v) is 3.22. The number of nitrogens with two attached hydrogens (primary N) is 1. The highest BCUT2D eigenvalue weighted by Crippen LogP contribution is 2.08. The molecule has 13 heavy (non-hydrogen) atoms. The molecule has 3 N–H and O–H groups in total. The lowest BCUT2D eigenvalue weighted by molar-refractivity contribution is 0.677. The summed E-state index contributed by atoms with van der Waals surface area (Å²) < 4.78 is 0. The van der Waals surface area contributed by atoms with E-state index in [1.165, 1.54) is 0 Å². The number of hydrogen-bond acceptors (Lipinski definition) is 3. The molecule has 0 aliphatic heterocycles. The first-order valence-electron chi connectivity index (χ1n) is 4.65. The molecule has 3 heteroatoms. The van der Waals surface area contributed by atoms with Gasteiger partial charge in [0.2, 0.25) is 0 Å². The standard InChI is InChI=1S/C10H17N3/c1-3-9(11)7-13-10-8(2)5-4-6-12-10/h4-6,9H,3,7,11H2,1-2H3,(H,12,13). The van der Waals surface area contributed by atoms with Crippen molar-refractivity contribution in [1.82, 2.24) is 4.98 Å². The van der Waals surface area contributed by atoms with Gasteiger partial charge >= 0.3 is 0 Å². The number of aryl methyl sites for hydroxylation is 1. The quantitative estimate of drug-likeness (QED) is 0.737. The fourth-order valence-electron chi connectivity index (χ4n) is 1.04. The van der Waals surface area contributed by atoms with E-state index in [1.807, 2.05) is 19.1 Å². The molecule has 0 aliphatic carbocycles. The molecule has 1 aromatic heterocycles. The smallest absolute Gasteiger partial charge is 0.128 e. The average Bonchev–Trinajstić information content (AvgIpc) is 2.16. The van der Waals surface area contributed by atoms with Crippen LogP contribution < -0.4 is 11.1 Å². The third-order valence-corrected chi connectivity index (χ3v) is 2.07. The van der Waals surface area contributed by atoms with Crippen molar-refractivity contribution in [1.29, 1.82) is 0 Å². The van der Waals surface area contributed by atoms with E-state index in [0.29, 0.717) is 0 Å². The first kappa shape index (κ1) is 9.99. The van der Waals surface area contributed by atoms with Crippen LogP contribution in [-0.2, 0) is 0 Å². The molecule has 1 unspecified atom stereocenters. The molecule has 1 rings (SSSR count). The molecular formula is C10H17N3. The summed E-state index contributed by atoms with van der Waals surface area (Å²) in [6, 6.07) is 4.17. The summed E-state index contributed by atoms with van der Waals surface area (Å²) in [5.41, 5.74) is 6.94. The van der Waals surface area contributed by atoms with Crippen LogP contribution in [0.3, 0.4) is 0 Å². The molecule has 0 amide bonds. The Balaban J connectivity index is 2.50. The summed E-state index contributed by atoms with van der Waals surface area (Å²) in [6.45, 7) is 4.90. The first-order chi connectivity index (χ1) is 6.24. The first-order valence-corrected chi connectivity index (χ1v) is 4.65. The molecule has 1 atom stereocenters. The fourth-order valence-corrected chi connectivity index (χ4v) is 1.04. The Bertz CT molecular complexity index is 260. The molecule has 0 radical (unpaired) electrons. The molecule has 0 aromatic carbocycles. The predicted octanol–water partition coefficient (Wildman–Crippen LogP) is 1.54. The molecule has 0 spiro atoms. The third kappa shape index (κ3) is 3.03. The molecule has 1 aromatic rings. The van der Waals surface area contributed by atoms with Gasteiger partial charge in [0.15, 0.2) is 0 Å². The summed E-state index contributed by atoms with van der Waals surface area (Å²) in [7, 11) is 0. The van der Waals surface area contributed by atoms with Crippen LogP contribution in [0.2, 0.25) is 0 Å². The van der Waals surface area contributed by atoms with E-state index in [9.17, 15) is 0 Å². The topological polar surface area (TPSA) is 50.9 Å². The molecular weight excluding hydrogens is 162 g/mol. The van der Waals surface area contributed by atoms with Crippen LogP contribution in [0.25, 0.3) is 0 Å². The zero-order valence-corrected chi connectivity index (χ0v) is 8.25. The van der Waals surface area contributed by atoms with Crippen molar-refractivity contribution in [2.45, 2.75) is 26.3 Å². The Morgan fingerprint density at radius 2 is 2.38 bits per heavy atom. The van der Waals surface area contributed by atoms with Gasteiger partial charge in [0, 0.05) is 18.8 Å². The summed E-state index contributed by atoms with van der Waals surface area (Å²) in [5, 5.41) is 3.23. The Labute approximate surface area is 79.4 Å². The van der Waals surface area contributed by atoms with Gasteiger partial charge in [-0.05, 0) is 25.0 Å².